The maximum absolute atomic E-state index is 13.7. The number of amides is 1. The molecule has 1 aromatic heterocycles. The molecule has 0 radical (unpaired) electrons. The number of anilines is 1. The predicted octanol–water partition coefficient (Wildman–Crippen LogP) is 4.89. The first-order valence-corrected chi connectivity index (χ1v) is 10.3. The first-order valence-electron chi connectivity index (χ1n) is 10.3. The molecule has 30 heavy (non-hydrogen) atoms. The molecule has 154 valence electrons. The fourth-order valence-corrected chi connectivity index (χ4v) is 4.38. The molecule has 0 saturated heterocycles. The van der Waals surface area contributed by atoms with Crippen molar-refractivity contribution >= 4 is 11.6 Å². The number of benzene rings is 2. The molecule has 1 aliphatic carbocycles. The Morgan fingerprint density at radius 3 is 2.83 bits per heavy atom. The van der Waals surface area contributed by atoms with Crippen LogP contribution in [0.25, 0.3) is 11.3 Å². The van der Waals surface area contributed by atoms with Gasteiger partial charge in [-0.2, -0.15) is 0 Å². The van der Waals surface area contributed by atoms with E-state index in [4.69, 9.17) is 9.26 Å². The third-order valence-corrected chi connectivity index (χ3v) is 6.31. The van der Waals surface area contributed by atoms with Crippen molar-refractivity contribution in [3.63, 3.8) is 0 Å². The van der Waals surface area contributed by atoms with Gasteiger partial charge in [-0.3, -0.25) is 4.79 Å². The lowest BCUT2D eigenvalue weighted by molar-refractivity contribution is -0.121. The Labute approximate surface area is 174 Å². The van der Waals surface area contributed by atoms with Gasteiger partial charge in [0.15, 0.2) is 5.76 Å². The van der Waals surface area contributed by atoms with Gasteiger partial charge >= 0.3 is 0 Å². The minimum absolute atomic E-state index is 0.0213. The molecule has 1 fully saturated rings. The predicted molar refractivity (Wildman–Crippen MR) is 111 cm³/mol. The lowest BCUT2D eigenvalue weighted by atomic mass is 9.92. The number of halogens is 1. The Kier molecular flexibility index (Phi) is 4.38. The van der Waals surface area contributed by atoms with Gasteiger partial charge in [-0.05, 0) is 68.5 Å². The van der Waals surface area contributed by atoms with Crippen LogP contribution in [0.1, 0.15) is 37.4 Å². The van der Waals surface area contributed by atoms with E-state index in [-0.39, 0.29) is 17.8 Å². The number of methoxy groups -OCH3 is 1. The number of aromatic nitrogens is 1. The van der Waals surface area contributed by atoms with Gasteiger partial charge in [0.1, 0.15) is 11.6 Å². The molecule has 5 nitrogen and oxygen atoms in total. The highest BCUT2D eigenvalue weighted by Crippen LogP contribution is 2.51. The van der Waals surface area contributed by atoms with E-state index in [1.807, 2.05) is 42.2 Å². The summed E-state index contributed by atoms with van der Waals surface area (Å²) in [6.45, 7) is 2.05. The van der Waals surface area contributed by atoms with Crippen LogP contribution in [-0.2, 0) is 16.6 Å². The smallest absolute Gasteiger partial charge is 0.239 e. The molecule has 1 unspecified atom stereocenters. The standard InChI is InChI=1S/C24H23FN2O3/c1-15-6-7-16-12-18(25)8-9-20(16)27(15)23(28)24(10-11-24)22-14-21(30-26-22)17-4-3-5-19(13-17)29-2/h3-5,8-9,12-15H,6-7,10-11H2,1-2H3. The Balaban J connectivity index is 1.48. The van der Waals surface area contributed by atoms with Gasteiger partial charge in [0, 0.05) is 23.4 Å². The average molecular weight is 406 g/mol. The van der Waals surface area contributed by atoms with E-state index < -0.39 is 5.41 Å². The van der Waals surface area contributed by atoms with Crippen molar-refractivity contribution in [2.75, 3.05) is 12.0 Å². The summed E-state index contributed by atoms with van der Waals surface area (Å²) in [5.41, 5.74) is 2.53. The number of aryl methyl sites for hydroxylation is 1. The highest BCUT2D eigenvalue weighted by atomic mass is 19.1. The third-order valence-electron chi connectivity index (χ3n) is 6.31. The van der Waals surface area contributed by atoms with Crippen LogP contribution < -0.4 is 9.64 Å². The molecule has 2 aromatic carbocycles. The lowest BCUT2D eigenvalue weighted by Crippen LogP contribution is -2.47. The van der Waals surface area contributed by atoms with Gasteiger partial charge in [0.05, 0.1) is 18.2 Å². The first kappa shape index (κ1) is 18.9. The number of rotatable bonds is 4. The van der Waals surface area contributed by atoms with E-state index in [0.717, 1.165) is 48.2 Å². The minimum atomic E-state index is -0.669. The van der Waals surface area contributed by atoms with Gasteiger partial charge in [-0.15, -0.1) is 0 Å². The Morgan fingerprint density at radius 2 is 2.07 bits per heavy atom. The molecule has 1 amide bonds. The van der Waals surface area contributed by atoms with Crippen molar-refractivity contribution in [2.45, 2.75) is 44.1 Å². The number of fused-ring (bicyclic) bond motifs is 1. The fourth-order valence-electron chi connectivity index (χ4n) is 4.38. The van der Waals surface area contributed by atoms with Gasteiger partial charge < -0.3 is 14.2 Å². The zero-order valence-electron chi connectivity index (χ0n) is 17.0. The van der Waals surface area contributed by atoms with Crippen molar-refractivity contribution < 1.29 is 18.4 Å². The van der Waals surface area contributed by atoms with Crippen molar-refractivity contribution in [1.82, 2.24) is 5.16 Å². The molecule has 0 spiro atoms. The number of carbonyl (C=O) groups excluding carboxylic acids is 1. The maximum Gasteiger partial charge on any atom is 0.239 e. The van der Waals surface area contributed by atoms with Crippen LogP contribution in [-0.4, -0.2) is 24.2 Å². The number of ether oxygens (including phenoxy) is 1. The molecule has 1 aliphatic heterocycles. The average Bonchev–Trinajstić information content (AvgIpc) is 3.42. The van der Waals surface area contributed by atoms with Crippen LogP contribution in [0.2, 0.25) is 0 Å². The summed E-state index contributed by atoms with van der Waals surface area (Å²) < 4.78 is 24.6. The molecule has 3 aromatic rings. The molecule has 6 heteroatoms. The summed E-state index contributed by atoms with van der Waals surface area (Å²) in [7, 11) is 1.62. The van der Waals surface area contributed by atoms with Crippen molar-refractivity contribution in [1.29, 1.82) is 0 Å². The summed E-state index contributed by atoms with van der Waals surface area (Å²) in [6, 6.07) is 14.2. The van der Waals surface area contributed by atoms with E-state index in [1.165, 1.54) is 12.1 Å². The summed E-state index contributed by atoms with van der Waals surface area (Å²) >= 11 is 0. The molecular formula is C24H23FN2O3. The van der Waals surface area contributed by atoms with Crippen molar-refractivity contribution in [3.05, 3.63) is 65.6 Å². The monoisotopic (exact) mass is 406 g/mol. The Hall–Kier alpha value is -3.15. The van der Waals surface area contributed by atoms with Crippen LogP contribution >= 0.6 is 0 Å². The molecule has 1 atom stereocenters. The quantitative estimate of drug-likeness (QED) is 0.619. The molecule has 0 bridgehead atoms. The topological polar surface area (TPSA) is 55.6 Å². The van der Waals surface area contributed by atoms with Crippen LogP contribution in [0.4, 0.5) is 10.1 Å². The van der Waals surface area contributed by atoms with E-state index >= 15 is 0 Å². The highest BCUT2D eigenvalue weighted by molar-refractivity contribution is 6.04. The summed E-state index contributed by atoms with van der Waals surface area (Å²) in [5, 5.41) is 4.27. The fraction of sp³-hybridized carbons (Fsp3) is 0.333. The highest BCUT2D eigenvalue weighted by Gasteiger charge is 2.56. The molecule has 1 saturated carbocycles. The Morgan fingerprint density at radius 1 is 1.23 bits per heavy atom. The van der Waals surface area contributed by atoms with E-state index in [1.54, 1.807) is 13.2 Å². The second-order valence-corrected chi connectivity index (χ2v) is 8.23. The third kappa shape index (κ3) is 2.98. The van der Waals surface area contributed by atoms with Crippen LogP contribution in [0, 0.1) is 5.82 Å². The van der Waals surface area contributed by atoms with Crippen LogP contribution in [0.15, 0.2) is 53.1 Å². The van der Waals surface area contributed by atoms with Crippen molar-refractivity contribution in [3.8, 4) is 17.1 Å². The molecule has 2 heterocycles. The molecule has 2 aliphatic rings. The number of carbonyl (C=O) groups is 1. The first-order chi connectivity index (χ1) is 14.5. The summed E-state index contributed by atoms with van der Waals surface area (Å²) in [4.78, 5) is 15.6. The second-order valence-electron chi connectivity index (χ2n) is 8.23. The molecule has 0 N–H and O–H groups in total. The number of nitrogens with zero attached hydrogens (tertiary/aromatic N) is 2. The van der Waals surface area contributed by atoms with Gasteiger partial charge in [-0.1, -0.05) is 17.3 Å². The normalized spacial score (nSPS) is 19.3. The van der Waals surface area contributed by atoms with Gasteiger partial charge in [0.2, 0.25) is 5.91 Å². The Bertz CT molecular complexity index is 1120. The van der Waals surface area contributed by atoms with E-state index in [2.05, 4.69) is 5.16 Å². The van der Waals surface area contributed by atoms with Crippen LogP contribution in [0.5, 0.6) is 5.75 Å². The van der Waals surface area contributed by atoms with E-state index in [0.29, 0.717) is 11.5 Å². The van der Waals surface area contributed by atoms with Gasteiger partial charge in [-0.25, -0.2) is 4.39 Å². The zero-order chi connectivity index (χ0) is 20.9. The van der Waals surface area contributed by atoms with Crippen LogP contribution in [0.3, 0.4) is 0 Å². The number of hydrogen-bond acceptors (Lipinski definition) is 4. The second kappa shape index (κ2) is 6.97. The summed E-state index contributed by atoms with van der Waals surface area (Å²) in [5.74, 6) is 1.09. The molecular weight excluding hydrogens is 383 g/mol. The summed E-state index contributed by atoms with van der Waals surface area (Å²) in [6.07, 6.45) is 3.05. The number of hydrogen-bond donors (Lipinski definition) is 0. The maximum atomic E-state index is 13.7. The SMILES string of the molecule is COc1cccc(-c2cc(C3(C(=O)N4c5ccc(F)cc5CCC4C)CC3)no2)c1. The van der Waals surface area contributed by atoms with Gasteiger partial charge in [0.25, 0.3) is 0 Å². The van der Waals surface area contributed by atoms with Crippen molar-refractivity contribution in [2.24, 2.45) is 0 Å². The lowest BCUT2D eigenvalue weighted by Gasteiger charge is -2.37. The van der Waals surface area contributed by atoms with E-state index in [9.17, 15) is 9.18 Å². The molecule has 5 rings (SSSR count). The minimum Gasteiger partial charge on any atom is -0.497 e. The largest absolute Gasteiger partial charge is 0.497 e. The zero-order valence-corrected chi connectivity index (χ0v) is 17.0.